The minimum atomic E-state index is -0.418. The van der Waals surface area contributed by atoms with E-state index in [1.807, 2.05) is 0 Å². The van der Waals surface area contributed by atoms with E-state index in [1.54, 1.807) is 6.07 Å². The lowest BCUT2D eigenvalue weighted by molar-refractivity contribution is -0.385. The van der Waals surface area contributed by atoms with Gasteiger partial charge >= 0.3 is 0 Å². The van der Waals surface area contributed by atoms with Gasteiger partial charge in [-0.15, -0.1) is 0 Å². The van der Waals surface area contributed by atoms with Crippen LogP contribution in [0.3, 0.4) is 0 Å². The molecule has 1 aromatic carbocycles. The van der Waals surface area contributed by atoms with Gasteiger partial charge in [0.15, 0.2) is 6.29 Å². The monoisotopic (exact) mass is 223 g/mol. The van der Waals surface area contributed by atoms with Gasteiger partial charge in [0.05, 0.1) is 11.5 Å². The first-order valence-electron chi connectivity index (χ1n) is 5.26. The van der Waals surface area contributed by atoms with E-state index in [4.69, 9.17) is 9.47 Å². The number of nitrogens with zero attached hydrogens (tertiary/aromatic N) is 1. The Morgan fingerprint density at radius 1 is 1.56 bits per heavy atom. The lowest BCUT2D eigenvalue weighted by atomic mass is 10.1. The van der Waals surface area contributed by atoms with Crippen LogP contribution < -0.4 is 4.74 Å². The molecule has 5 nitrogen and oxygen atoms in total. The van der Waals surface area contributed by atoms with Crippen LogP contribution in [0.15, 0.2) is 18.2 Å². The Morgan fingerprint density at radius 2 is 2.38 bits per heavy atom. The van der Waals surface area contributed by atoms with Gasteiger partial charge in [-0.3, -0.25) is 10.1 Å². The van der Waals surface area contributed by atoms with Gasteiger partial charge in [-0.25, -0.2) is 0 Å². The Balaban J connectivity index is 2.19. The molecule has 0 N–H and O–H groups in total. The Kier molecular flexibility index (Phi) is 3.05. The molecule has 2 rings (SSSR count). The van der Waals surface area contributed by atoms with Crippen LogP contribution in [-0.4, -0.2) is 11.2 Å². The number of hydrogen-bond acceptors (Lipinski definition) is 4. The molecule has 0 aliphatic carbocycles. The van der Waals surface area contributed by atoms with Crippen molar-refractivity contribution in [3.63, 3.8) is 0 Å². The SMILES string of the molecule is CCCC1OCc2cc([N+](=O)[O-])ccc2O1. The molecule has 0 aromatic heterocycles. The van der Waals surface area contributed by atoms with Crippen molar-refractivity contribution in [2.24, 2.45) is 0 Å². The molecule has 1 unspecified atom stereocenters. The summed E-state index contributed by atoms with van der Waals surface area (Å²) in [7, 11) is 0. The smallest absolute Gasteiger partial charge is 0.270 e. The highest BCUT2D eigenvalue weighted by Gasteiger charge is 2.21. The maximum Gasteiger partial charge on any atom is 0.270 e. The molecule has 1 aliphatic rings. The Bertz CT molecular complexity index is 405. The van der Waals surface area contributed by atoms with Crippen molar-refractivity contribution in [2.45, 2.75) is 32.7 Å². The van der Waals surface area contributed by atoms with Crippen molar-refractivity contribution in [1.82, 2.24) is 0 Å². The van der Waals surface area contributed by atoms with Crippen LogP contribution in [0.1, 0.15) is 25.3 Å². The summed E-state index contributed by atoms with van der Waals surface area (Å²) < 4.78 is 11.0. The average Bonchev–Trinajstić information content (AvgIpc) is 2.28. The summed E-state index contributed by atoms with van der Waals surface area (Å²) in [5, 5.41) is 10.6. The van der Waals surface area contributed by atoms with Crippen molar-refractivity contribution in [1.29, 1.82) is 0 Å². The third kappa shape index (κ3) is 2.14. The molecule has 0 bridgehead atoms. The molecule has 0 saturated carbocycles. The van der Waals surface area contributed by atoms with Crippen LogP contribution >= 0.6 is 0 Å². The predicted molar refractivity (Wildman–Crippen MR) is 57.2 cm³/mol. The fourth-order valence-electron chi connectivity index (χ4n) is 1.64. The average molecular weight is 223 g/mol. The highest BCUT2D eigenvalue weighted by molar-refractivity contribution is 5.44. The molecule has 0 saturated heterocycles. The summed E-state index contributed by atoms with van der Waals surface area (Å²) in [6.45, 7) is 2.43. The van der Waals surface area contributed by atoms with E-state index >= 15 is 0 Å². The molecule has 86 valence electrons. The molecule has 0 radical (unpaired) electrons. The third-order valence-electron chi connectivity index (χ3n) is 2.46. The molecule has 1 atom stereocenters. The summed E-state index contributed by atoms with van der Waals surface area (Å²) in [6, 6.07) is 4.59. The van der Waals surface area contributed by atoms with E-state index in [9.17, 15) is 10.1 Å². The Labute approximate surface area is 93.1 Å². The van der Waals surface area contributed by atoms with Gasteiger partial charge in [-0.2, -0.15) is 0 Å². The molecule has 0 spiro atoms. The highest BCUT2D eigenvalue weighted by Crippen LogP contribution is 2.30. The number of benzene rings is 1. The molecular formula is C11H13NO4. The van der Waals surface area contributed by atoms with Gasteiger partial charge in [0, 0.05) is 24.1 Å². The zero-order valence-corrected chi connectivity index (χ0v) is 9.01. The zero-order valence-electron chi connectivity index (χ0n) is 9.01. The number of hydrogen-bond donors (Lipinski definition) is 0. The summed E-state index contributed by atoms with van der Waals surface area (Å²) in [6.07, 6.45) is 1.59. The molecule has 0 fully saturated rings. The Morgan fingerprint density at radius 3 is 3.06 bits per heavy atom. The fraction of sp³-hybridized carbons (Fsp3) is 0.455. The first kappa shape index (κ1) is 10.9. The summed E-state index contributed by atoms with van der Waals surface area (Å²) in [5.41, 5.74) is 0.807. The standard InChI is InChI=1S/C11H13NO4/c1-2-3-11-15-7-8-6-9(12(13)14)4-5-10(8)16-11/h4-6,11H,2-3,7H2,1H3. The van der Waals surface area contributed by atoms with Crippen LogP contribution in [0.2, 0.25) is 0 Å². The van der Waals surface area contributed by atoms with Crippen LogP contribution in [0.5, 0.6) is 5.75 Å². The van der Waals surface area contributed by atoms with Gasteiger partial charge in [0.2, 0.25) is 0 Å². The van der Waals surface area contributed by atoms with Crippen molar-refractivity contribution in [3.8, 4) is 5.75 Å². The van der Waals surface area contributed by atoms with Crippen molar-refractivity contribution in [2.75, 3.05) is 0 Å². The second-order valence-corrected chi connectivity index (χ2v) is 3.70. The van der Waals surface area contributed by atoms with E-state index in [0.29, 0.717) is 12.4 Å². The topological polar surface area (TPSA) is 61.6 Å². The second kappa shape index (κ2) is 4.49. The predicted octanol–water partition coefficient (Wildman–Crippen LogP) is 2.63. The van der Waals surface area contributed by atoms with E-state index in [0.717, 1.165) is 18.4 Å². The van der Waals surface area contributed by atoms with Gasteiger partial charge in [0.25, 0.3) is 5.69 Å². The lowest BCUT2D eigenvalue weighted by Crippen LogP contribution is -2.25. The van der Waals surface area contributed by atoms with Gasteiger partial charge in [-0.1, -0.05) is 13.3 Å². The molecule has 0 amide bonds. The van der Waals surface area contributed by atoms with E-state index in [2.05, 4.69) is 6.92 Å². The summed E-state index contributed by atoms with van der Waals surface area (Å²) >= 11 is 0. The van der Waals surface area contributed by atoms with Crippen LogP contribution in [0.25, 0.3) is 0 Å². The first-order valence-corrected chi connectivity index (χ1v) is 5.26. The maximum absolute atomic E-state index is 10.6. The minimum Gasteiger partial charge on any atom is -0.465 e. The van der Waals surface area contributed by atoms with Crippen LogP contribution in [-0.2, 0) is 11.3 Å². The molecule has 1 heterocycles. The van der Waals surface area contributed by atoms with Gasteiger partial charge in [0.1, 0.15) is 5.75 Å². The van der Waals surface area contributed by atoms with Gasteiger partial charge < -0.3 is 9.47 Å². The van der Waals surface area contributed by atoms with Crippen LogP contribution in [0, 0.1) is 10.1 Å². The maximum atomic E-state index is 10.6. The summed E-state index contributed by atoms with van der Waals surface area (Å²) in [5.74, 6) is 0.690. The normalized spacial score (nSPS) is 18.7. The number of nitro groups is 1. The second-order valence-electron chi connectivity index (χ2n) is 3.70. The molecule has 16 heavy (non-hydrogen) atoms. The zero-order chi connectivity index (χ0) is 11.5. The Hall–Kier alpha value is -1.62. The minimum absolute atomic E-state index is 0.0693. The number of non-ortho nitro benzene ring substituents is 1. The van der Waals surface area contributed by atoms with Crippen molar-refractivity contribution < 1.29 is 14.4 Å². The number of ether oxygens (including phenoxy) is 2. The number of nitro benzene ring substituents is 1. The van der Waals surface area contributed by atoms with Crippen LogP contribution in [0.4, 0.5) is 5.69 Å². The lowest BCUT2D eigenvalue weighted by Gasteiger charge is -2.25. The molecule has 5 heteroatoms. The van der Waals surface area contributed by atoms with Crippen molar-refractivity contribution >= 4 is 5.69 Å². The number of rotatable bonds is 3. The van der Waals surface area contributed by atoms with Gasteiger partial charge in [-0.05, 0) is 6.07 Å². The van der Waals surface area contributed by atoms with E-state index in [1.165, 1.54) is 12.1 Å². The quantitative estimate of drug-likeness (QED) is 0.583. The third-order valence-corrected chi connectivity index (χ3v) is 2.46. The highest BCUT2D eigenvalue weighted by atomic mass is 16.7. The van der Waals surface area contributed by atoms with E-state index < -0.39 is 4.92 Å². The largest absolute Gasteiger partial charge is 0.465 e. The molecular weight excluding hydrogens is 210 g/mol. The first-order chi connectivity index (χ1) is 7.70. The molecule has 1 aliphatic heterocycles. The van der Waals surface area contributed by atoms with E-state index in [-0.39, 0.29) is 12.0 Å². The van der Waals surface area contributed by atoms with Crippen molar-refractivity contribution in [3.05, 3.63) is 33.9 Å². The summed E-state index contributed by atoms with van der Waals surface area (Å²) in [4.78, 5) is 10.2. The molecule has 1 aromatic rings. The fourth-order valence-corrected chi connectivity index (χ4v) is 1.64. The number of fused-ring (bicyclic) bond motifs is 1.